The van der Waals surface area contributed by atoms with Crippen LogP contribution in [0.15, 0.2) is 60.9 Å². The number of carbonyl (C=O) groups excluding carboxylic acids is 1. The van der Waals surface area contributed by atoms with Gasteiger partial charge in [-0.2, -0.15) is 10.2 Å². The van der Waals surface area contributed by atoms with Crippen molar-refractivity contribution in [3.63, 3.8) is 0 Å². The molecule has 0 saturated carbocycles. The predicted octanol–water partition coefficient (Wildman–Crippen LogP) is 4.49. The molecule has 0 saturated heterocycles. The molecule has 0 bridgehead atoms. The van der Waals surface area contributed by atoms with Crippen molar-refractivity contribution in [3.8, 4) is 5.75 Å². The Bertz CT molecular complexity index is 1270. The summed E-state index contributed by atoms with van der Waals surface area (Å²) in [4.78, 5) is 12.4. The van der Waals surface area contributed by atoms with Gasteiger partial charge >= 0.3 is 0 Å². The van der Waals surface area contributed by atoms with Crippen LogP contribution in [0.5, 0.6) is 5.75 Å². The summed E-state index contributed by atoms with van der Waals surface area (Å²) in [5.74, 6) is -2.35. The van der Waals surface area contributed by atoms with Gasteiger partial charge in [0.05, 0.1) is 6.54 Å². The number of ether oxygens (including phenoxy) is 1. The first-order valence-electron chi connectivity index (χ1n) is 9.27. The van der Waals surface area contributed by atoms with Gasteiger partial charge in [-0.15, -0.1) is 0 Å². The van der Waals surface area contributed by atoms with Crippen LogP contribution in [0, 0.1) is 17.5 Å². The van der Waals surface area contributed by atoms with Gasteiger partial charge in [-0.3, -0.25) is 9.48 Å². The van der Waals surface area contributed by atoms with Crippen molar-refractivity contribution < 1.29 is 22.7 Å². The van der Waals surface area contributed by atoms with Crippen LogP contribution in [0.25, 0.3) is 0 Å². The first kappa shape index (κ1) is 21.4. The Kier molecular flexibility index (Phi) is 6.13. The highest BCUT2D eigenvalue weighted by molar-refractivity contribution is 6.31. The first-order chi connectivity index (χ1) is 15.4. The molecule has 32 heavy (non-hydrogen) atoms. The molecule has 0 unspecified atom stereocenters. The molecule has 0 fully saturated rings. The van der Waals surface area contributed by atoms with Crippen LogP contribution in [0.1, 0.15) is 16.1 Å². The second kappa shape index (κ2) is 9.15. The van der Waals surface area contributed by atoms with Crippen LogP contribution >= 0.6 is 11.6 Å². The van der Waals surface area contributed by atoms with E-state index < -0.39 is 23.4 Å². The van der Waals surface area contributed by atoms with E-state index in [9.17, 15) is 18.0 Å². The van der Waals surface area contributed by atoms with Gasteiger partial charge in [-0.05, 0) is 35.9 Å². The third kappa shape index (κ3) is 5.09. The Morgan fingerprint density at radius 2 is 1.72 bits per heavy atom. The van der Waals surface area contributed by atoms with E-state index in [1.54, 1.807) is 23.0 Å². The summed E-state index contributed by atoms with van der Waals surface area (Å²) >= 11 is 6.02. The molecule has 4 rings (SSSR count). The molecule has 1 amide bonds. The van der Waals surface area contributed by atoms with Gasteiger partial charge in [-0.25, -0.2) is 17.9 Å². The zero-order chi connectivity index (χ0) is 22.7. The van der Waals surface area contributed by atoms with E-state index in [-0.39, 0.29) is 29.0 Å². The molecular weight excluding hydrogens is 447 g/mol. The Labute approximate surface area is 185 Å². The zero-order valence-corrected chi connectivity index (χ0v) is 17.1. The highest BCUT2D eigenvalue weighted by Gasteiger charge is 2.13. The lowest BCUT2D eigenvalue weighted by molar-refractivity contribution is 0.101. The maximum Gasteiger partial charge on any atom is 0.277 e. The van der Waals surface area contributed by atoms with Gasteiger partial charge in [0.1, 0.15) is 11.6 Å². The van der Waals surface area contributed by atoms with Crippen molar-refractivity contribution >= 4 is 23.3 Å². The quantitative estimate of drug-likeness (QED) is 0.440. The number of halogens is 4. The van der Waals surface area contributed by atoms with Gasteiger partial charge in [-0.1, -0.05) is 17.7 Å². The number of nitrogens with zero attached hydrogens (tertiary/aromatic N) is 4. The number of hydrogen-bond donors (Lipinski definition) is 1. The van der Waals surface area contributed by atoms with Crippen molar-refractivity contribution in [2.24, 2.45) is 0 Å². The lowest BCUT2D eigenvalue weighted by Gasteiger charge is -2.07. The predicted molar refractivity (Wildman–Crippen MR) is 110 cm³/mol. The summed E-state index contributed by atoms with van der Waals surface area (Å²) in [6.07, 6.45) is 3.12. The lowest BCUT2D eigenvalue weighted by Crippen LogP contribution is -2.15. The van der Waals surface area contributed by atoms with E-state index in [1.807, 2.05) is 0 Å². The maximum atomic E-state index is 13.6. The second-order valence-corrected chi connectivity index (χ2v) is 7.08. The molecular formula is C21H15ClF3N5O2. The average molecular weight is 462 g/mol. The Hall–Kier alpha value is -3.79. The number of amides is 1. The fraction of sp³-hybridized carbons (Fsp3) is 0.0952. The molecule has 0 spiro atoms. The molecule has 0 atom stereocenters. The molecule has 11 heteroatoms. The van der Waals surface area contributed by atoms with Gasteiger partial charge in [0.25, 0.3) is 5.91 Å². The average Bonchev–Trinajstić information content (AvgIpc) is 3.39. The number of benzene rings is 2. The van der Waals surface area contributed by atoms with Crippen LogP contribution in [-0.2, 0) is 13.3 Å². The molecule has 7 nitrogen and oxygen atoms in total. The van der Waals surface area contributed by atoms with E-state index in [1.165, 1.54) is 29.1 Å². The first-order valence-corrected chi connectivity index (χ1v) is 9.65. The molecule has 0 radical (unpaired) electrons. The SMILES string of the molecule is O=C(Nc1ccn(Cc2ccc(F)cc2Cl)n1)c1ccn(COc2ccc(F)cc2F)n1. The molecule has 0 aliphatic carbocycles. The molecule has 4 aromatic rings. The summed E-state index contributed by atoms with van der Waals surface area (Å²) in [5, 5.41) is 11.2. The molecule has 164 valence electrons. The van der Waals surface area contributed by atoms with Crippen LogP contribution in [0.3, 0.4) is 0 Å². The lowest BCUT2D eigenvalue weighted by atomic mass is 10.2. The number of carbonyl (C=O) groups is 1. The number of aromatic nitrogens is 4. The largest absolute Gasteiger partial charge is 0.468 e. The fourth-order valence-electron chi connectivity index (χ4n) is 2.80. The third-order valence-corrected chi connectivity index (χ3v) is 4.70. The molecule has 2 aromatic carbocycles. The summed E-state index contributed by atoms with van der Waals surface area (Å²) in [6, 6.07) is 10.1. The minimum atomic E-state index is -0.840. The molecule has 2 aromatic heterocycles. The van der Waals surface area contributed by atoms with Gasteiger partial charge in [0, 0.05) is 29.5 Å². The Morgan fingerprint density at radius 3 is 2.50 bits per heavy atom. The topological polar surface area (TPSA) is 74.0 Å². The Balaban J connectivity index is 1.35. The van der Waals surface area contributed by atoms with Crippen molar-refractivity contribution in [2.75, 3.05) is 5.32 Å². The van der Waals surface area contributed by atoms with Crippen LogP contribution in [0.2, 0.25) is 5.02 Å². The molecule has 1 N–H and O–H groups in total. The van der Waals surface area contributed by atoms with E-state index >= 15 is 0 Å². The highest BCUT2D eigenvalue weighted by atomic mass is 35.5. The van der Waals surface area contributed by atoms with Gasteiger partial charge in [0.2, 0.25) is 0 Å². The Morgan fingerprint density at radius 1 is 0.969 bits per heavy atom. The van der Waals surface area contributed by atoms with Crippen molar-refractivity contribution in [1.82, 2.24) is 19.6 Å². The van der Waals surface area contributed by atoms with Gasteiger partial charge in [0.15, 0.2) is 29.8 Å². The fourth-order valence-corrected chi connectivity index (χ4v) is 3.03. The van der Waals surface area contributed by atoms with E-state index in [4.69, 9.17) is 16.3 Å². The van der Waals surface area contributed by atoms with Crippen LogP contribution in [-0.4, -0.2) is 25.5 Å². The van der Waals surface area contributed by atoms with Crippen LogP contribution in [0.4, 0.5) is 19.0 Å². The van der Waals surface area contributed by atoms with Crippen LogP contribution < -0.4 is 10.1 Å². The molecule has 0 aliphatic heterocycles. The van der Waals surface area contributed by atoms with Gasteiger partial charge < -0.3 is 10.1 Å². The van der Waals surface area contributed by atoms with E-state index in [0.717, 1.165) is 12.1 Å². The number of rotatable bonds is 7. The highest BCUT2D eigenvalue weighted by Crippen LogP contribution is 2.19. The second-order valence-electron chi connectivity index (χ2n) is 6.68. The summed E-state index contributed by atoms with van der Waals surface area (Å²) < 4.78 is 47.8. The zero-order valence-electron chi connectivity index (χ0n) is 16.3. The number of anilines is 1. The minimum absolute atomic E-state index is 0.0873. The minimum Gasteiger partial charge on any atom is -0.468 e. The van der Waals surface area contributed by atoms with E-state index in [2.05, 4.69) is 15.5 Å². The third-order valence-electron chi connectivity index (χ3n) is 4.35. The summed E-state index contributed by atoms with van der Waals surface area (Å²) in [6.45, 7) is 0.115. The summed E-state index contributed by atoms with van der Waals surface area (Å²) in [7, 11) is 0. The van der Waals surface area contributed by atoms with Crippen molar-refractivity contribution in [2.45, 2.75) is 13.3 Å². The molecule has 2 heterocycles. The molecule has 0 aliphatic rings. The number of hydrogen-bond acceptors (Lipinski definition) is 4. The smallest absolute Gasteiger partial charge is 0.277 e. The maximum absolute atomic E-state index is 13.6. The van der Waals surface area contributed by atoms with Crippen molar-refractivity contribution in [3.05, 3.63) is 94.7 Å². The number of nitrogens with one attached hydrogen (secondary N) is 1. The monoisotopic (exact) mass is 461 g/mol. The van der Waals surface area contributed by atoms with E-state index in [0.29, 0.717) is 18.2 Å². The van der Waals surface area contributed by atoms with Crippen molar-refractivity contribution in [1.29, 1.82) is 0 Å². The summed E-state index contributed by atoms with van der Waals surface area (Å²) in [5.41, 5.74) is 0.759. The standard InChI is InChI=1S/C21H15ClF3N5O2/c22-16-9-14(23)2-1-13(16)11-29-8-6-20(28-29)26-21(31)18-5-7-30(27-18)12-32-19-4-3-15(24)10-17(19)25/h1-10H,11-12H2,(H,26,28,31). The normalized spacial score (nSPS) is 10.9.